The van der Waals surface area contributed by atoms with Crippen LogP contribution >= 0.6 is 0 Å². The molecule has 7 heteroatoms. The number of hydrogen-bond acceptors (Lipinski definition) is 6. The van der Waals surface area contributed by atoms with Crippen molar-refractivity contribution in [2.75, 3.05) is 7.11 Å². The summed E-state index contributed by atoms with van der Waals surface area (Å²) >= 11 is 0. The standard InChI is InChI=1S/C8H12N2O5/c1-8(14,7(13)15-2)5(10)3-4(9)6(11)12/h3,9,14H,10H2,1-2H3,(H,11,12)/b5-3-,9-4?. The number of ether oxygens (including phenoxy) is 1. The second-order valence-electron chi connectivity index (χ2n) is 2.88. The zero-order chi connectivity index (χ0) is 12.2. The van der Waals surface area contributed by atoms with Gasteiger partial charge in [-0.2, -0.15) is 0 Å². The molecular formula is C8H12N2O5. The van der Waals surface area contributed by atoms with Gasteiger partial charge in [-0.15, -0.1) is 0 Å². The molecule has 0 radical (unpaired) electrons. The van der Waals surface area contributed by atoms with Crippen LogP contribution in [0.15, 0.2) is 11.8 Å². The summed E-state index contributed by atoms with van der Waals surface area (Å²) in [6.07, 6.45) is 0.680. The van der Waals surface area contributed by atoms with Crippen molar-refractivity contribution < 1.29 is 24.5 Å². The number of carboxylic acids is 1. The number of carboxylic acid groups (broad SMARTS) is 1. The van der Waals surface area contributed by atoms with E-state index < -0.39 is 28.9 Å². The molecule has 0 fully saturated rings. The number of nitrogens with two attached hydrogens (primary N) is 1. The van der Waals surface area contributed by atoms with Crippen LogP contribution in [0.2, 0.25) is 0 Å². The van der Waals surface area contributed by atoms with Crippen LogP contribution in [0.25, 0.3) is 0 Å². The topological polar surface area (TPSA) is 134 Å². The highest BCUT2D eigenvalue weighted by Gasteiger charge is 2.34. The maximum absolute atomic E-state index is 11.0. The van der Waals surface area contributed by atoms with Gasteiger partial charge in [0, 0.05) is 0 Å². The van der Waals surface area contributed by atoms with Gasteiger partial charge in [-0.25, -0.2) is 9.59 Å². The molecule has 15 heavy (non-hydrogen) atoms. The van der Waals surface area contributed by atoms with E-state index in [2.05, 4.69) is 4.74 Å². The van der Waals surface area contributed by atoms with Crippen molar-refractivity contribution in [1.29, 1.82) is 5.41 Å². The average molecular weight is 216 g/mol. The van der Waals surface area contributed by atoms with Crippen LogP contribution in [-0.4, -0.2) is 40.6 Å². The predicted octanol–water partition coefficient (Wildman–Crippen LogP) is -1.14. The smallest absolute Gasteiger partial charge is 0.353 e. The Kier molecular flexibility index (Phi) is 3.98. The Morgan fingerprint density at radius 2 is 2.00 bits per heavy atom. The van der Waals surface area contributed by atoms with E-state index in [0.717, 1.165) is 14.0 Å². The molecule has 5 N–H and O–H groups in total. The van der Waals surface area contributed by atoms with E-state index in [1.54, 1.807) is 0 Å². The summed E-state index contributed by atoms with van der Waals surface area (Å²) in [7, 11) is 1.05. The summed E-state index contributed by atoms with van der Waals surface area (Å²) < 4.78 is 4.25. The van der Waals surface area contributed by atoms with Crippen LogP contribution in [0.1, 0.15) is 6.92 Å². The summed E-state index contributed by atoms with van der Waals surface area (Å²) in [4.78, 5) is 21.3. The fraction of sp³-hybridized carbons (Fsp3) is 0.375. The maximum atomic E-state index is 11.0. The van der Waals surface area contributed by atoms with Crippen LogP contribution < -0.4 is 5.73 Å². The fourth-order valence-electron chi connectivity index (χ4n) is 0.674. The molecule has 0 heterocycles. The maximum Gasteiger partial charge on any atom is 0.353 e. The highest BCUT2D eigenvalue weighted by molar-refractivity contribution is 6.39. The highest BCUT2D eigenvalue weighted by Crippen LogP contribution is 2.13. The molecule has 0 aliphatic carbocycles. The van der Waals surface area contributed by atoms with Gasteiger partial charge in [-0.05, 0) is 13.0 Å². The van der Waals surface area contributed by atoms with E-state index in [1.807, 2.05) is 0 Å². The van der Waals surface area contributed by atoms with Crippen molar-refractivity contribution in [3.8, 4) is 0 Å². The lowest BCUT2D eigenvalue weighted by Crippen LogP contribution is -2.42. The van der Waals surface area contributed by atoms with Crippen molar-refractivity contribution in [1.82, 2.24) is 0 Å². The third-order valence-corrected chi connectivity index (χ3v) is 1.68. The van der Waals surface area contributed by atoms with Crippen molar-refractivity contribution in [3.63, 3.8) is 0 Å². The number of carbonyl (C=O) groups is 2. The third-order valence-electron chi connectivity index (χ3n) is 1.68. The number of rotatable bonds is 4. The van der Waals surface area contributed by atoms with Gasteiger partial charge < -0.3 is 20.7 Å². The summed E-state index contributed by atoms with van der Waals surface area (Å²) in [5.74, 6) is -2.55. The molecule has 0 aromatic rings. The number of esters is 1. The van der Waals surface area contributed by atoms with Gasteiger partial charge in [0.1, 0.15) is 5.71 Å². The third kappa shape index (κ3) is 3.06. The first kappa shape index (κ1) is 13.1. The number of aliphatic carboxylic acids is 1. The molecule has 7 nitrogen and oxygen atoms in total. The van der Waals surface area contributed by atoms with E-state index in [4.69, 9.17) is 16.2 Å². The molecule has 0 saturated heterocycles. The first-order valence-corrected chi connectivity index (χ1v) is 3.83. The molecule has 0 spiro atoms. The van der Waals surface area contributed by atoms with Crippen LogP contribution in [0, 0.1) is 5.41 Å². The minimum Gasteiger partial charge on any atom is -0.477 e. The highest BCUT2D eigenvalue weighted by atomic mass is 16.5. The van der Waals surface area contributed by atoms with Crippen molar-refractivity contribution >= 4 is 17.7 Å². The Labute approximate surface area is 85.7 Å². The van der Waals surface area contributed by atoms with Gasteiger partial charge in [0.05, 0.1) is 12.8 Å². The lowest BCUT2D eigenvalue weighted by Gasteiger charge is -2.20. The Morgan fingerprint density at radius 3 is 2.33 bits per heavy atom. The number of methoxy groups -OCH3 is 1. The second kappa shape index (κ2) is 4.56. The fourth-order valence-corrected chi connectivity index (χ4v) is 0.674. The molecule has 0 rings (SSSR count). The molecule has 0 aromatic carbocycles. The Morgan fingerprint density at radius 1 is 1.53 bits per heavy atom. The number of carbonyl (C=O) groups excluding carboxylic acids is 1. The molecule has 0 amide bonds. The Bertz CT molecular complexity index is 332. The summed E-state index contributed by atoms with van der Waals surface area (Å²) in [5.41, 5.74) is 1.82. The normalized spacial score (nSPS) is 15.3. The van der Waals surface area contributed by atoms with Crippen molar-refractivity contribution in [2.24, 2.45) is 5.73 Å². The zero-order valence-corrected chi connectivity index (χ0v) is 8.27. The molecule has 0 bridgehead atoms. The number of hydrogen-bond donors (Lipinski definition) is 4. The molecule has 1 unspecified atom stereocenters. The van der Waals surface area contributed by atoms with Gasteiger partial charge >= 0.3 is 11.9 Å². The average Bonchev–Trinajstić information content (AvgIpc) is 2.15. The molecule has 0 aromatic heterocycles. The minimum absolute atomic E-state index is 0.471. The quantitative estimate of drug-likeness (QED) is 0.346. The van der Waals surface area contributed by atoms with E-state index in [0.29, 0.717) is 6.08 Å². The van der Waals surface area contributed by atoms with E-state index in [1.165, 1.54) is 0 Å². The zero-order valence-electron chi connectivity index (χ0n) is 8.27. The largest absolute Gasteiger partial charge is 0.477 e. The van der Waals surface area contributed by atoms with Crippen molar-refractivity contribution in [3.05, 3.63) is 11.8 Å². The van der Waals surface area contributed by atoms with Crippen LogP contribution in [0.3, 0.4) is 0 Å². The Hall–Kier alpha value is -1.89. The lowest BCUT2D eigenvalue weighted by molar-refractivity contribution is -0.156. The van der Waals surface area contributed by atoms with E-state index in [-0.39, 0.29) is 0 Å². The van der Waals surface area contributed by atoms with Gasteiger partial charge in [0.25, 0.3) is 0 Å². The molecule has 84 valence electrons. The van der Waals surface area contributed by atoms with Crippen molar-refractivity contribution in [2.45, 2.75) is 12.5 Å². The molecular weight excluding hydrogens is 204 g/mol. The minimum atomic E-state index is -2.14. The van der Waals surface area contributed by atoms with Crippen LogP contribution in [0.4, 0.5) is 0 Å². The predicted molar refractivity (Wildman–Crippen MR) is 50.3 cm³/mol. The van der Waals surface area contributed by atoms with Crippen LogP contribution in [0.5, 0.6) is 0 Å². The second-order valence-corrected chi connectivity index (χ2v) is 2.88. The van der Waals surface area contributed by atoms with Crippen LogP contribution in [-0.2, 0) is 14.3 Å². The first-order chi connectivity index (χ1) is 6.73. The molecule has 0 aliphatic heterocycles. The number of aliphatic hydroxyl groups is 1. The molecule has 0 aliphatic rings. The summed E-state index contributed by atoms with van der Waals surface area (Å²) in [6.45, 7) is 1.04. The molecule has 1 atom stereocenters. The van der Waals surface area contributed by atoms with Gasteiger partial charge in [-0.3, -0.25) is 5.41 Å². The van der Waals surface area contributed by atoms with Gasteiger partial charge in [-0.1, -0.05) is 0 Å². The first-order valence-electron chi connectivity index (χ1n) is 3.83. The summed E-state index contributed by atoms with van der Waals surface area (Å²) in [5, 5.41) is 24.8. The van der Waals surface area contributed by atoms with E-state index >= 15 is 0 Å². The van der Waals surface area contributed by atoms with Gasteiger partial charge in [0.15, 0.2) is 5.60 Å². The lowest BCUT2D eigenvalue weighted by atomic mass is 10.0. The Balaban J connectivity index is 4.99. The van der Waals surface area contributed by atoms with E-state index in [9.17, 15) is 14.7 Å². The number of nitrogens with one attached hydrogen (secondary N) is 1. The summed E-state index contributed by atoms with van der Waals surface area (Å²) in [6, 6.07) is 0. The SMILES string of the molecule is COC(=O)C(C)(O)/C(N)=C/C(=N)C(=O)O. The monoisotopic (exact) mass is 216 g/mol. The van der Waals surface area contributed by atoms with Gasteiger partial charge in [0.2, 0.25) is 0 Å². The molecule has 0 saturated carbocycles.